The van der Waals surface area contributed by atoms with Crippen LogP contribution in [0.25, 0.3) is 0 Å². The van der Waals surface area contributed by atoms with Crippen LogP contribution < -0.4 is 0 Å². The van der Waals surface area contributed by atoms with E-state index < -0.39 is 11.7 Å². The molecule has 1 amide bonds. The quantitative estimate of drug-likeness (QED) is 0.686. The lowest BCUT2D eigenvalue weighted by atomic mass is 9.99. The van der Waals surface area contributed by atoms with E-state index in [9.17, 15) is 19.4 Å². The molecule has 32 heavy (non-hydrogen) atoms. The van der Waals surface area contributed by atoms with Crippen LogP contribution in [-0.2, 0) is 17.8 Å². The summed E-state index contributed by atoms with van der Waals surface area (Å²) in [7, 11) is 0. The molecule has 2 atom stereocenters. The molecule has 0 radical (unpaired) electrons. The second-order valence-corrected chi connectivity index (χ2v) is 9.31. The van der Waals surface area contributed by atoms with Gasteiger partial charge in [0, 0.05) is 50.8 Å². The molecule has 8 heteroatoms. The van der Waals surface area contributed by atoms with Gasteiger partial charge in [0.25, 0.3) is 0 Å². The zero-order valence-corrected chi connectivity index (χ0v) is 18.7. The maximum atomic E-state index is 13.1. The van der Waals surface area contributed by atoms with Gasteiger partial charge < -0.3 is 15.1 Å². The van der Waals surface area contributed by atoms with Gasteiger partial charge in [0.1, 0.15) is 17.5 Å². The van der Waals surface area contributed by atoms with Crippen LogP contribution in [0, 0.1) is 5.82 Å². The van der Waals surface area contributed by atoms with Crippen LogP contribution in [0.3, 0.4) is 0 Å². The van der Waals surface area contributed by atoms with Gasteiger partial charge in [-0.15, -0.1) is 0 Å². The van der Waals surface area contributed by atoms with Gasteiger partial charge in [-0.3, -0.25) is 14.6 Å². The first-order valence-corrected chi connectivity index (χ1v) is 11.3. The summed E-state index contributed by atoms with van der Waals surface area (Å²) in [4.78, 5) is 18.7. The molecule has 2 fully saturated rings. The molecule has 0 saturated carbocycles. The lowest BCUT2D eigenvalue weighted by Gasteiger charge is -2.39. The number of halogens is 2. The van der Waals surface area contributed by atoms with E-state index in [0.717, 1.165) is 43.9 Å². The first-order chi connectivity index (χ1) is 15.3. The Labute approximate surface area is 192 Å². The van der Waals surface area contributed by atoms with Gasteiger partial charge in [-0.05, 0) is 35.4 Å². The number of carbonyl (C=O) groups excluding carboxylic acids is 1. The maximum absolute atomic E-state index is 13.1. The highest BCUT2D eigenvalue weighted by Gasteiger charge is 2.47. The number of carbonyl (C=O) groups is 1. The SMILES string of the molecule is O=C(Cc1ccc(Cl)cc1)N1C[C@@H](O)[C@](O)(CN2CCN(Cc3ccc(F)cc3)CC2)C1. The lowest BCUT2D eigenvalue weighted by molar-refractivity contribution is -0.130. The first-order valence-electron chi connectivity index (χ1n) is 10.9. The Morgan fingerprint density at radius 3 is 2.25 bits per heavy atom. The van der Waals surface area contributed by atoms with E-state index in [4.69, 9.17) is 11.6 Å². The van der Waals surface area contributed by atoms with E-state index >= 15 is 0 Å². The number of amides is 1. The first kappa shape index (κ1) is 23.1. The average Bonchev–Trinajstić information content (AvgIpc) is 3.07. The van der Waals surface area contributed by atoms with Crippen LogP contribution in [-0.4, -0.2) is 88.3 Å². The van der Waals surface area contributed by atoms with Crippen molar-refractivity contribution in [1.29, 1.82) is 0 Å². The Morgan fingerprint density at radius 1 is 1.00 bits per heavy atom. The molecule has 172 valence electrons. The highest BCUT2D eigenvalue weighted by Crippen LogP contribution is 2.25. The fourth-order valence-electron chi connectivity index (χ4n) is 4.45. The molecule has 4 rings (SSSR count). The van der Waals surface area contributed by atoms with Crippen molar-refractivity contribution >= 4 is 17.5 Å². The third-order valence-electron chi connectivity index (χ3n) is 6.38. The minimum Gasteiger partial charge on any atom is -0.388 e. The average molecular weight is 462 g/mol. The number of likely N-dealkylation sites (tertiary alicyclic amines) is 1. The molecule has 0 unspecified atom stereocenters. The summed E-state index contributed by atoms with van der Waals surface area (Å²) in [5, 5.41) is 22.3. The molecule has 2 aromatic rings. The Kier molecular flexibility index (Phi) is 7.12. The van der Waals surface area contributed by atoms with Gasteiger partial charge in [-0.1, -0.05) is 35.9 Å². The normalized spacial score (nSPS) is 24.8. The van der Waals surface area contributed by atoms with Gasteiger partial charge in [0.05, 0.1) is 13.0 Å². The highest BCUT2D eigenvalue weighted by atomic mass is 35.5. The highest BCUT2D eigenvalue weighted by molar-refractivity contribution is 6.30. The second kappa shape index (κ2) is 9.85. The molecule has 2 aliphatic heterocycles. The molecule has 2 aliphatic rings. The molecule has 0 bridgehead atoms. The van der Waals surface area contributed by atoms with Crippen LogP contribution in [0.2, 0.25) is 5.02 Å². The zero-order chi connectivity index (χ0) is 22.7. The summed E-state index contributed by atoms with van der Waals surface area (Å²) in [5.41, 5.74) is 0.579. The van der Waals surface area contributed by atoms with Crippen LogP contribution in [0.5, 0.6) is 0 Å². The largest absolute Gasteiger partial charge is 0.388 e. The molecular formula is C24H29ClFN3O3. The Bertz CT molecular complexity index is 919. The van der Waals surface area contributed by atoms with Gasteiger partial charge in [-0.2, -0.15) is 0 Å². The third kappa shape index (κ3) is 5.66. The molecule has 0 aliphatic carbocycles. The van der Waals surface area contributed by atoms with Crippen molar-refractivity contribution in [3.05, 3.63) is 70.5 Å². The van der Waals surface area contributed by atoms with Crippen molar-refractivity contribution < 1.29 is 19.4 Å². The maximum Gasteiger partial charge on any atom is 0.227 e. The van der Waals surface area contributed by atoms with Crippen LogP contribution >= 0.6 is 11.6 Å². The zero-order valence-electron chi connectivity index (χ0n) is 18.0. The number of piperazine rings is 1. The van der Waals surface area contributed by atoms with Gasteiger partial charge in [0.15, 0.2) is 0 Å². The van der Waals surface area contributed by atoms with Crippen LogP contribution in [0.4, 0.5) is 4.39 Å². The van der Waals surface area contributed by atoms with E-state index in [-0.39, 0.29) is 31.2 Å². The summed E-state index contributed by atoms with van der Waals surface area (Å²) in [6.45, 7) is 4.50. The van der Waals surface area contributed by atoms with E-state index in [1.165, 1.54) is 12.1 Å². The van der Waals surface area contributed by atoms with E-state index in [1.54, 1.807) is 29.2 Å². The monoisotopic (exact) mass is 461 g/mol. The molecule has 0 spiro atoms. The lowest BCUT2D eigenvalue weighted by Crippen LogP contribution is -2.56. The topological polar surface area (TPSA) is 67.2 Å². The molecule has 6 nitrogen and oxygen atoms in total. The van der Waals surface area contributed by atoms with E-state index in [1.807, 2.05) is 12.1 Å². The summed E-state index contributed by atoms with van der Waals surface area (Å²) < 4.78 is 13.1. The van der Waals surface area contributed by atoms with Crippen molar-refractivity contribution in [2.75, 3.05) is 45.8 Å². The van der Waals surface area contributed by atoms with E-state index in [0.29, 0.717) is 11.6 Å². The number of benzene rings is 2. The molecule has 2 aromatic carbocycles. The van der Waals surface area contributed by atoms with Gasteiger partial charge in [0.2, 0.25) is 5.91 Å². The van der Waals surface area contributed by atoms with Crippen molar-refractivity contribution in [3.8, 4) is 0 Å². The summed E-state index contributed by atoms with van der Waals surface area (Å²) >= 11 is 5.90. The number of nitrogens with zero attached hydrogens (tertiary/aromatic N) is 3. The molecule has 2 N–H and O–H groups in total. The molecular weight excluding hydrogens is 433 g/mol. The fraction of sp³-hybridized carbons (Fsp3) is 0.458. The van der Waals surface area contributed by atoms with Crippen molar-refractivity contribution in [1.82, 2.24) is 14.7 Å². The molecule has 2 saturated heterocycles. The minimum absolute atomic E-state index is 0.119. The minimum atomic E-state index is -1.34. The number of hydrogen-bond acceptors (Lipinski definition) is 5. The summed E-state index contributed by atoms with van der Waals surface area (Å²) in [6.07, 6.45) is -0.768. The number of hydrogen-bond donors (Lipinski definition) is 2. The fourth-order valence-corrected chi connectivity index (χ4v) is 4.58. The standard InChI is InChI=1S/C24H29ClFN3O3/c25-20-5-1-18(2-6-20)13-23(31)29-15-22(30)24(32,17-29)16-28-11-9-27(10-12-28)14-19-3-7-21(26)8-4-19/h1-8,22,30,32H,9-17H2/t22-,24+/m1/s1. The Hall–Kier alpha value is -2.03. The number of β-amino-alcohol motifs (C(OH)–C–C–N with tert-alkyl or cyclic N) is 2. The molecule has 0 aromatic heterocycles. The summed E-state index contributed by atoms with van der Waals surface area (Å²) in [5.74, 6) is -0.353. The smallest absolute Gasteiger partial charge is 0.227 e. The Morgan fingerprint density at radius 2 is 1.59 bits per heavy atom. The van der Waals surface area contributed by atoms with Gasteiger partial charge >= 0.3 is 0 Å². The number of aliphatic hydroxyl groups is 2. The number of rotatable bonds is 6. The van der Waals surface area contributed by atoms with Crippen LogP contribution in [0.15, 0.2) is 48.5 Å². The second-order valence-electron chi connectivity index (χ2n) is 8.88. The van der Waals surface area contributed by atoms with Crippen molar-refractivity contribution in [2.45, 2.75) is 24.7 Å². The predicted octanol–water partition coefficient (Wildman–Crippen LogP) is 1.77. The van der Waals surface area contributed by atoms with Crippen LogP contribution in [0.1, 0.15) is 11.1 Å². The van der Waals surface area contributed by atoms with Gasteiger partial charge in [-0.25, -0.2) is 4.39 Å². The molecule has 2 heterocycles. The number of aliphatic hydroxyl groups excluding tert-OH is 1. The van der Waals surface area contributed by atoms with E-state index in [2.05, 4.69) is 9.80 Å². The summed E-state index contributed by atoms with van der Waals surface area (Å²) in [6, 6.07) is 13.7. The van der Waals surface area contributed by atoms with Crippen molar-refractivity contribution in [2.24, 2.45) is 0 Å². The van der Waals surface area contributed by atoms with Crippen molar-refractivity contribution in [3.63, 3.8) is 0 Å². The Balaban J connectivity index is 1.27. The third-order valence-corrected chi connectivity index (χ3v) is 6.63. The predicted molar refractivity (Wildman–Crippen MR) is 121 cm³/mol.